The van der Waals surface area contributed by atoms with Crippen molar-refractivity contribution in [3.8, 4) is 28.4 Å². The number of rotatable bonds is 7. The number of benzene rings is 4. The van der Waals surface area contributed by atoms with Crippen molar-refractivity contribution in [2.45, 2.75) is 39.4 Å². The maximum Gasteiger partial charge on any atom is 0.416 e. The number of carbonyl (C=O) groups is 1. The Bertz CT molecular complexity index is 1490. The molecule has 0 unspecified atom stereocenters. The van der Waals surface area contributed by atoms with E-state index >= 15 is 0 Å². The number of phenols is 1. The Hall–Kier alpha value is -4.26. The van der Waals surface area contributed by atoms with Crippen molar-refractivity contribution in [2.24, 2.45) is 0 Å². The van der Waals surface area contributed by atoms with E-state index in [1.54, 1.807) is 48.5 Å². The highest BCUT2D eigenvalue weighted by Gasteiger charge is 2.31. The molecule has 0 saturated carbocycles. The number of phenolic OH excluding ortho intramolecular Hbond substituents is 1. The lowest BCUT2D eigenvalue weighted by atomic mass is 9.91. The van der Waals surface area contributed by atoms with Gasteiger partial charge in [0.1, 0.15) is 17.2 Å². The number of carbonyl (C=O) groups excluding carboxylic acids is 1. The minimum atomic E-state index is -4.48. The minimum Gasteiger partial charge on any atom is -0.508 e. The molecule has 0 bridgehead atoms. The second-order valence-electron chi connectivity index (χ2n) is 9.25. The van der Waals surface area contributed by atoms with E-state index in [-0.39, 0.29) is 17.7 Å². The summed E-state index contributed by atoms with van der Waals surface area (Å²) in [6.07, 6.45) is -0.811. The monoisotopic (exact) mass is 519 g/mol. The molecule has 1 amide bonds. The van der Waals surface area contributed by atoms with Gasteiger partial charge in [0.05, 0.1) is 5.56 Å². The van der Waals surface area contributed by atoms with Crippen molar-refractivity contribution in [3.05, 3.63) is 95.6 Å². The van der Waals surface area contributed by atoms with E-state index < -0.39 is 11.7 Å². The van der Waals surface area contributed by atoms with Crippen LogP contribution in [0.15, 0.2) is 78.9 Å². The van der Waals surface area contributed by atoms with Crippen LogP contribution < -0.4 is 10.1 Å². The summed E-state index contributed by atoms with van der Waals surface area (Å²) in [5.41, 5.74) is 1.77. The van der Waals surface area contributed by atoms with Gasteiger partial charge in [-0.25, -0.2) is 0 Å². The van der Waals surface area contributed by atoms with E-state index in [2.05, 4.69) is 5.32 Å². The van der Waals surface area contributed by atoms with Gasteiger partial charge < -0.3 is 15.2 Å². The molecule has 7 heteroatoms. The molecule has 0 aliphatic heterocycles. The van der Waals surface area contributed by atoms with Crippen LogP contribution in [0.2, 0.25) is 0 Å². The molecular formula is C31H28F3NO3. The van der Waals surface area contributed by atoms with Crippen LogP contribution in [-0.4, -0.2) is 17.1 Å². The van der Waals surface area contributed by atoms with Crippen LogP contribution in [0, 0.1) is 0 Å². The van der Waals surface area contributed by atoms with Gasteiger partial charge in [0, 0.05) is 23.1 Å². The number of hydrogen-bond acceptors (Lipinski definition) is 3. The predicted octanol–water partition coefficient (Wildman–Crippen LogP) is 8.12. The van der Waals surface area contributed by atoms with Gasteiger partial charge in [-0.1, -0.05) is 37.3 Å². The van der Waals surface area contributed by atoms with Gasteiger partial charge in [0.2, 0.25) is 5.91 Å². The van der Waals surface area contributed by atoms with E-state index in [9.17, 15) is 23.1 Å². The summed E-state index contributed by atoms with van der Waals surface area (Å²) in [6, 6.07) is 19.0. The fourth-order valence-electron chi connectivity index (χ4n) is 4.24. The van der Waals surface area contributed by atoms with Gasteiger partial charge in [-0.15, -0.1) is 0 Å². The zero-order valence-electron chi connectivity index (χ0n) is 21.3. The van der Waals surface area contributed by atoms with Crippen LogP contribution in [0.25, 0.3) is 28.0 Å². The highest BCUT2D eigenvalue weighted by molar-refractivity contribution is 5.98. The maximum absolute atomic E-state index is 13.5. The van der Waals surface area contributed by atoms with Gasteiger partial charge in [0.25, 0.3) is 0 Å². The van der Waals surface area contributed by atoms with Crippen molar-refractivity contribution in [1.82, 2.24) is 5.32 Å². The molecule has 4 aromatic rings. The molecule has 0 heterocycles. The lowest BCUT2D eigenvalue weighted by Gasteiger charge is -2.19. The van der Waals surface area contributed by atoms with Crippen molar-refractivity contribution < 1.29 is 27.8 Å². The normalized spacial score (nSPS) is 11.9. The third-order valence-electron chi connectivity index (χ3n) is 5.98. The largest absolute Gasteiger partial charge is 0.508 e. The van der Waals surface area contributed by atoms with Gasteiger partial charge in [-0.3, -0.25) is 4.79 Å². The number of fused-ring (bicyclic) bond motifs is 1. The Morgan fingerprint density at radius 2 is 1.76 bits per heavy atom. The van der Waals surface area contributed by atoms with E-state index in [0.717, 1.165) is 23.3 Å². The molecule has 4 nitrogen and oxygen atoms in total. The SMILES string of the molecule is CCc1cc2cc(O)ccc2c(Oc2ccc(C=CC(=O)NC(C)C)cc2)c1-c1cccc(C(F)(F)F)c1. The van der Waals surface area contributed by atoms with E-state index in [0.29, 0.717) is 39.8 Å². The highest BCUT2D eigenvalue weighted by Crippen LogP contribution is 2.44. The zero-order valence-corrected chi connectivity index (χ0v) is 21.3. The average molecular weight is 520 g/mol. The third-order valence-corrected chi connectivity index (χ3v) is 5.98. The Kier molecular flexibility index (Phi) is 7.76. The average Bonchev–Trinajstić information content (AvgIpc) is 2.87. The Morgan fingerprint density at radius 3 is 2.42 bits per heavy atom. The highest BCUT2D eigenvalue weighted by atomic mass is 19.4. The summed E-state index contributed by atoms with van der Waals surface area (Å²) in [5, 5.41) is 14.2. The maximum atomic E-state index is 13.5. The van der Waals surface area contributed by atoms with Crippen molar-refractivity contribution in [1.29, 1.82) is 0 Å². The molecule has 0 aromatic heterocycles. The van der Waals surface area contributed by atoms with Crippen molar-refractivity contribution in [2.75, 3.05) is 0 Å². The van der Waals surface area contributed by atoms with Crippen LogP contribution in [-0.2, 0) is 17.4 Å². The molecule has 2 N–H and O–H groups in total. The van der Waals surface area contributed by atoms with Crippen LogP contribution in [0.4, 0.5) is 13.2 Å². The topological polar surface area (TPSA) is 58.6 Å². The number of hydrogen-bond donors (Lipinski definition) is 2. The van der Waals surface area contributed by atoms with E-state index in [1.807, 2.05) is 26.8 Å². The molecule has 0 atom stereocenters. The fraction of sp³-hybridized carbons (Fsp3) is 0.194. The Balaban J connectivity index is 1.80. The minimum absolute atomic E-state index is 0.0320. The van der Waals surface area contributed by atoms with Crippen LogP contribution in [0.1, 0.15) is 37.5 Å². The fourth-order valence-corrected chi connectivity index (χ4v) is 4.24. The van der Waals surface area contributed by atoms with Crippen LogP contribution in [0.3, 0.4) is 0 Å². The quantitative estimate of drug-likeness (QED) is 0.242. The first-order chi connectivity index (χ1) is 18.0. The van der Waals surface area contributed by atoms with Gasteiger partial charge in [-0.2, -0.15) is 13.2 Å². The first-order valence-corrected chi connectivity index (χ1v) is 12.3. The van der Waals surface area contributed by atoms with Gasteiger partial charge in [-0.05, 0) is 90.9 Å². The molecular weight excluding hydrogens is 491 g/mol. The molecule has 4 aromatic carbocycles. The van der Waals surface area contributed by atoms with Crippen LogP contribution >= 0.6 is 0 Å². The van der Waals surface area contributed by atoms with Crippen molar-refractivity contribution >= 4 is 22.8 Å². The number of alkyl halides is 3. The molecule has 0 fully saturated rings. The first-order valence-electron chi connectivity index (χ1n) is 12.3. The summed E-state index contributed by atoms with van der Waals surface area (Å²) in [5.74, 6) is 0.759. The standard InChI is InChI=1S/C31H28F3NO3/c1-4-21-16-23-18-25(36)11-14-27(23)30(29(21)22-6-5-7-24(17-22)31(32,33)34)38-26-12-8-20(9-13-26)10-15-28(37)35-19(2)3/h5-19,36H,4H2,1-3H3,(H,35,37). The Labute approximate surface area is 219 Å². The number of ether oxygens (including phenoxy) is 1. The summed E-state index contributed by atoms with van der Waals surface area (Å²) >= 11 is 0. The smallest absolute Gasteiger partial charge is 0.416 e. The lowest BCUT2D eigenvalue weighted by molar-refractivity contribution is -0.137. The third kappa shape index (κ3) is 6.17. The first kappa shape index (κ1) is 26.8. The summed E-state index contributed by atoms with van der Waals surface area (Å²) < 4.78 is 47.0. The zero-order chi connectivity index (χ0) is 27.4. The molecule has 0 aliphatic rings. The molecule has 0 saturated heterocycles. The summed E-state index contributed by atoms with van der Waals surface area (Å²) in [4.78, 5) is 11.9. The second-order valence-corrected chi connectivity index (χ2v) is 9.25. The van der Waals surface area contributed by atoms with Crippen LogP contribution in [0.5, 0.6) is 17.2 Å². The molecule has 4 rings (SSSR count). The summed E-state index contributed by atoms with van der Waals surface area (Å²) in [6.45, 7) is 5.68. The molecule has 38 heavy (non-hydrogen) atoms. The van der Waals surface area contributed by atoms with E-state index in [1.165, 1.54) is 18.2 Å². The van der Waals surface area contributed by atoms with Crippen molar-refractivity contribution in [3.63, 3.8) is 0 Å². The number of aromatic hydroxyl groups is 1. The lowest BCUT2D eigenvalue weighted by Crippen LogP contribution is -2.28. The second kappa shape index (κ2) is 11.0. The van der Waals surface area contributed by atoms with Gasteiger partial charge >= 0.3 is 6.18 Å². The number of aryl methyl sites for hydroxylation is 1. The molecule has 0 aliphatic carbocycles. The molecule has 196 valence electrons. The van der Waals surface area contributed by atoms with E-state index in [4.69, 9.17) is 4.74 Å². The molecule has 0 radical (unpaired) electrons. The Morgan fingerprint density at radius 1 is 1.03 bits per heavy atom. The predicted molar refractivity (Wildman–Crippen MR) is 144 cm³/mol. The molecule has 0 spiro atoms. The number of halogens is 3. The number of amides is 1. The number of nitrogens with one attached hydrogen (secondary N) is 1. The summed E-state index contributed by atoms with van der Waals surface area (Å²) in [7, 11) is 0. The van der Waals surface area contributed by atoms with Gasteiger partial charge in [0.15, 0.2) is 0 Å².